The van der Waals surface area contributed by atoms with Crippen molar-refractivity contribution in [1.29, 1.82) is 0 Å². The Morgan fingerprint density at radius 2 is 1.96 bits per heavy atom. The van der Waals surface area contributed by atoms with Crippen LogP contribution in [0.1, 0.15) is 16.2 Å². The number of amides is 1. The number of thiocarbonyl (C=S) groups is 1. The van der Waals surface area contributed by atoms with E-state index in [2.05, 4.69) is 15.4 Å². The SMILES string of the molecule is Cc1cccc(-n2cnc(C(=O)NN(C(N)=S)c3ccccc3)c2)n1. The molecule has 0 unspecified atom stereocenters. The first-order valence-electron chi connectivity index (χ1n) is 7.48. The van der Waals surface area contributed by atoms with Gasteiger partial charge in [-0.05, 0) is 43.4 Å². The van der Waals surface area contributed by atoms with Gasteiger partial charge in [0.15, 0.2) is 5.11 Å². The quantitative estimate of drug-likeness (QED) is 0.553. The fraction of sp³-hybridized carbons (Fsp3) is 0.0588. The van der Waals surface area contributed by atoms with E-state index in [1.54, 1.807) is 22.9 Å². The molecule has 7 nitrogen and oxygen atoms in total. The molecule has 3 N–H and O–H groups in total. The molecule has 0 saturated carbocycles. The number of para-hydroxylation sites is 1. The molecule has 2 aromatic heterocycles. The molecule has 0 fully saturated rings. The lowest BCUT2D eigenvalue weighted by atomic mass is 10.3. The summed E-state index contributed by atoms with van der Waals surface area (Å²) in [6, 6.07) is 14.7. The average molecular weight is 352 g/mol. The number of pyridine rings is 1. The zero-order chi connectivity index (χ0) is 17.8. The Morgan fingerprint density at radius 1 is 1.20 bits per heavy atom. The number of hydrogen-bond donors (Lipinski definition) is 2. The maximum absolute atomic E-state index is 12.5. The zero-order valence-electron chi connectivity index (χ0n) is 13.5. The Hall–Kier alpha value is -3.26. The molecule has 0 aliphatic heterocycles. The Kier molecular flexibility index (Phi) is 4.71. The molecule has 0 aliphatic rings. The third-order valence-corrected chi connectivity index (χ3v) is 3.58. The molecule has 1 amide bonds. The van der Waals surface area contributed by atoms with Crippen LogP contribution >= 0.6 is 12.2 Å². The zero-order valence-corrected chi connectivity index (χ0v) is 14.3. The summed E-state index contributed by atoms with van der Waals surface area (Å²) < 4.78 is 1.68. The van der Waals surface area contributed by atoms with Crippen LogP contribution < -0.4 is 16.2 Å². The largest absolute Gasteiger partial charge is 0.374 e. The molecule has 3 aromatic rings. The van der Waals surface area contributed by atoms with E-state index in [0.717, 1.165) is 5.69 Å². The molecule has 2 heterocycles. The first-order chi connectivity index (χ1) is 12.0. The number of aromatic nitrogens is 3. The highest BCUT2D eigenvalue weighted by Gasteiger charge is 2.16. The highest BCUT2D eigenvalue weighted by Crippen LogP contribution is 2.12. The Morgan fingerprint density at radius 3 is 2.64 bits per heavy atom. The van der Waals surface area contributed by atoms with Crippen LogP contribution in [0.15, 0.2) is 61.1 Å². The molecule has 1 aromatic carbocycles. The van der Waals surface area contributed by atoms with Crippen molar-refractivity contribution >= 4 is 28.9 Å². The number of benzene rings is 1. The summed E-state index contributed by atoms with van der Waals surface area (Å²) in [4.78, 5) is 21.0. The Labute approximate surface area is 150 Å². The van der Waals surface area contributed by atoms with E-state index in [-0.39, 0.29) is 10.8 Å². The van der Waals surface area contributed by atoms with Gasteiger partial charge < -0.3 is 5.73 Å². The molecule has 0 spiro atoms. The van der Waals surface area contributed by atoms with Gasteiger partial charge in [0.05, 0.1) is 5.69 Å². The van der Waals surface area contributed by atoms with Gasteiger partial charge in [-0.15, -0.1) is 0 Å². The molecular weight excluding hydrogens is 336 g/mol. The van der Waals surface area contributed by atoms with Gasteiger partial charge >= 0.3 is 0 Å². The van der Waals surface area contributed by atoms with Crippen molar-refractivity contribution < 1.29 is 4.79 Å². The lowest BCUT2D eigenvalue weighted by molar-refractivity contribution is 0.0950. The van der Waals surface area contributed by atoms with Gasteiger partial charge in [0, 0.05) is 11.9 Å². The van der Waals surface area contributed by atoms with Crippen LogP contribution in [0.5, 0.6) is 0 Å². The minimum absolute atomic E-state index is 0.0272. The molecule has 0 saturated heterocycles. The number of nitrogens with zero attached hydrogens (tertiary/aromatic N) is 4. The van der Waals surface area contributed by atoms with Crippen LogP contribution in [0.25, 0.3) is 5.82 Å². The van der Waals surface area contributed by atoms with E-state index >= 15 is 0 Å². The van der Waals surface area contributed by atoms with Gasteiger partial charge in [-0.2, -0.15) is 0 Å². The first kappa shape index (κ1) is 16.6. The molecule has 8 heteroatoms. The molecule has 3 rings (SSSR count). The highest BCUT2D eigenvalue weighted by atomic mass is 32.1. The number of nitrogens with one attached hydrogen (secondary N) is 1. The topological polar surface area (TPSA) is 89.1 Å². The van der Waals surface area contributed by atoms with Crippen molar-refractivity contribution in [2.24, 2.45) is 5.73 Å². The first-order valence-corrected chi connectivity index (χ1v) is 7.89. The summed E-state index contributed by atoms with van der Waals surface area (Å²) >= 11 is 5.02. The summed E-state index contributed by atoms with van der Waals surface area (Å²) in [5, 5.41) is 1.36. The average Bonchev–Trinajstić information content (AvgIpc) is 3.10. The number of hydrogen-bond acceptors (Lipinski definition) is 4. The van der Waals surface area contributed by atoms with Gasteiger partial charge in [-0.25, -0.2) is 15.0 Å². The summed E-state index contributed by atoms with van der Waals surface area (Å²) in [7, 11) is 0. The molecule has 0 radical (unpaired) electrons. The number of imidazole rings is 1. The standard InChI is InChI=1S/C17H16N6OS/c1-12-6-5-9-15(20-12)22-10-14(19-11-22)16(24)21-23(17(18)25)13-7-3-2-4-8-13/h2-11H,1H3,(H2,18,25)(H,21,24). The van der Waals surface area contributed by atoms with Crippen molar-refractivity contribution in [2.45, 2.75) is 6.92 Å². The lowest BCUT2D eigenvalue weighted by Crippen LogP contribution is -2.49. The number of aryl methyl sites for hydroxylation is 1. The highest BCUT2D eigenvalue weighted by molar-refractivity contribution is 7.80. The molecular formula is C17H16N6OS. The second-order valence-electron chi connectivity index (χ2n) is 5.25. The molecule has 0 aliphatic carbocycles. The maximum Gasteiger partial charge on any atom is 0.290 e. The van der Waals surface area contributed by atoms with Gasteiger partial charge in [0.25, 0.3) is 5.91 Å². The smallest absolute Gasteiger partial charge is 0.290 e. The third kappa shape index (κ3) is 3.81. The summed E-state index contributed by atoms with van der Waals surface area (Å²) in [5.74, 6) is 0.254. The van der Waals surface area contributed by atoms with Crippen LogP contribution in [0, 0.1) is 6.92 Å². The molecule has 0 bridgehead atoms. The van der Waals surface area contributed by atoms with Crippen molar-refractivity contribution in [3.05, 3.63) is 72.4 Å². The number of nitrogens with two attached hydrogens (primary N) is 1. The normalized spacial score (nSPS) is 10.3. The van der Waals surface area contributed by atoms with Crippen molar-refractivity contribution in [1.82, 2.24) is 20.0 Å². The summed E-state index contributed by atoms with van der Waals surface area (Å²) in [6.45, 7) is 1.90. The van der Waals surface area contributed by atoms with Gasteiger partial charge in [0.1, 0.15) is 17.8 Å². The van der Waals surface area contributed by atoms with E-state index < -0.39 is 5.91 Å². The minimum Gasteiger partial charge on any atom is -0.374 e. The van der Waals surface area contributed by atoms with E-state index in [1.165, 1.54) is 11.3 Å². The number of hydrazine groups is 1. The number of carbonyl (C=O) groups is 1. The second-order valence-corrected chi connectivity index (χ2v) is 5.67. The predicted octanol–water partition coefficient (Wildman–Crippen LogP) is 1.97. The molecule has 25 heavy (non-hydrogen) atoms. The van der Waals surface area contributed by atoms with Crippen molar-refractivity contribution in [3.63, 3.8) is 0 Å². The number of anilines is 1. The fourth-order valence-corrected chi connectivity index (χ4v) is 2.37. The number of carbonyl (C=O) groups excluding carboxylic acids is 1. The summed E-state index contributed by atoms with van der Waals surface area (Å²) in [5.41, 5.74) is 10.1. The van der Waals surface area contributed by atoms with Gasteiger partial charge in [-0.3, -0.25) is 14.8 Å². The summed E-state index contributed by atoms with van der Waals surface area (Å²) in [6.07, 6.45) is 3.13. The van der Waals surface area contributed by atoms with Crippen LogP contribution in [-0.2, 0) is 0 Å². The van der Waals surface area contributed by atoms with Gasteiger partial charge in [-0.1, -0.05) is 24.3 Å². The molecule has 126 valence electrons. The Balaban J connectivity index is 1.80. The Bertz CT molecular complexity index is 908. The third-order valence-electron chi connectivity index (χ3n) is 3.40. The van der Waals surface area contributed by atoms with E-state index in [1.807, 2.05) is 43.3 Å². The van der Waals surface area contributed by atoms with Crippen molar-refractivity contribution in [2.75, 3.05) is 5.01 Å². The fourth-order valence-electron chi connectivity index (χ4n) is 2.22. The maximum atomic E-state index is 12.5. The monoisotopic (exact) mass is 352 g/mol. The second kappa shape index (κ2) is 7.10. The minimum atomic E-state index is -0.428. The van der Waals surface area contributed by atoms with Crippen LogP contribution in [0.4, 0.5) is 5.69 Å². The van der Waals surface area contributed by atoms with E-state index in [9.17, 15) is 4.79 Å². The van der Waals surface area contributed by atoms with E-state index in [0.29, 0.717) is 11.5 Å². The van der Waals surface area contributed by atoms with Crippen molar-refractivity contribution in [3.8, 4) is 5.82 Å². The van der Waals surface area contributed by atoms with Crippen LogP contribution in [0.2, 0.25) is 0 Å². The van der Waals surface area contributed by atoms with Crippen LogP contribution in [-0.4, -0.2) is 25.6 Å². The molecule has 0 atom stereocenters. The van der Waals surface area contributed by atoms with E-state index in [4.69, 9.17) is 18.0 Å². The van der Waals surface area contributed by atoms with Crippen LogP contribution in [0.3, 0.4) is 0 Å². The number of rotatable bonds is 3. The van der Waals surface area contributed by atoms with Gasteiger partial charge in [0.2, 0.25) is 0 Å². The predicted molar refractivity (Wildman–Crippen MR) is 99.3 cm³/mol. The lowest BCUT2D eigenvalue weighted by Gasteiger charge is -2.22.